The van der Waals surface area contributed by atoms with Crippen LogP contribution in [0.2, 0.25) is 0 Å². The van der Waals surface area contributed by atoms with E-state index in [0.717, 1.165) is 25.7 Å². The van der Waals surface area contributed by atoms with Crippen molar-refractivity contribution in [3.05, 3.63) is 11.7 Å². The molecule has 2 rings (SSSR count). The Bertz CT molecular complexity index is 408. The lowest BCUT2D eigenvalue weighted by Crippen LogP contribution is -2.22. The number of rotatable bonds is 5. The second-order valence-corrected chi connectivity index (χ2v) is 5.02. The number of hydrogen-bond donors (Lipinski definition) is 0. The molecule has 0 saturated heterocycles. The molecular formula is C12H18N2O3. The minimum absolute atomic E-state index is 0.267. The van der Waals surface area contributed by atoms with Crippen LogP contribution < -0.4 is 0 Å². The number of nitrogens with zero attached hydrogens (tertiary/aromatic N) is 2. The molecular weight excluding hydrogens is 220 g/mol. The lowest BCUT2D eigenvalue weighted by atomic mass is 10.1. The van der Waals surface area contributed by atoms with Gasteiger partial charge in [-0.05, 0) is 25.2 Å². The fourth-order valence-corrected chi connectivity index (χ4v) is 1.79. The van der Waals surface area contributed by atoms with Gasteiger partial charge < -0.3 is 9.26 Å². The first kappa shape index (κ1) is 12.1. The van der Waals surface area contributed by atoms with Crippen molar-refractivity contribution in [1.29, 1.82) is 0 Å². The summed E-state index contributed by atoms with van der Waals surface area (Å²) in [5, 5.41) is 3.92. The highest BCUT2D eigenvalue weighted by Crippen LogP contribution is 2.48. The van der Waals surface area contributed by atoms with Gasteiger partial charge in [0.2, 0.25) is 5.89 Å². The molecule has 1 aromatic rings. The molecule has 1 aliphatic carbocycles. The highest BCUT2D eigenvalue weighted by molar-refractivity contribution is 5.85. The minimum Gasteiger partial charge on any atom is -0.468 e. The second-order valence-electron chi connectivity index (χ2n) is 5.02. The number of methoxy groups -OCH3 is 1. The summed E-state index contributed by atoms with van der Waals surface area (Å²) >= 11 is 0. The summed E-state index contributed by atoms with van der Waals surface area (Å²) in [5.41, 5.74) is -0.641. The van der Waals surface area contributed by atoms with Crippen molar-refractivity contribution in [2.75, 3.05) is 7.11 Å². The van der Waals surface area contributed by atoms with Gasteiger partial charge in [-0.25, -0.2) is 0 Å². The van der Waals surface area contributed by atoms with Gasteiger partial charge in [0.1, 0.15) is 5.41 Å². The van der Waals surface area contributed by atoms with Crippen molar-refractivity contribution in [3.8, 4) is 0 Å². The number of esters is 1. The molecule has 0 aromatic carbocycles. The lowest BCUT2D eigenvalue weighted by molar-refractivity contribution is -0.144. The van der Waals surface area contributed by atoms with Crippen molar-refractivity contribution in [2.24, 2.45) is 5.92 Å². The molecule has 5 nitrogen and oxygen atoms in total. The summed E-state index contributed by atoms with van der Waals surface area (Å²) in [6.07, 6.45) is 3.29. The van der Waals surface area contributed by atoms with Crippen molar-refractivity contribution in [1.82, 2.24) is 10.1 Å². The summed E-state index contributed by atoms with van der Waals surface area (Å²) < 4.78 is 9.96. The molecule has 1 heterocycles. The molecule has 0 atom stereocenters. The van der Waals surface area contributed by atoms with E-state index < -0.39 is 5.41 Å². The number of aromatic nitrogens is 2. The van der Waals surface area contributed by atoms with Crippen LogP contribution >= 0.6 is 0 Å². The molecule has 0 unspecified atom stereocenters. The molecule has 0 aliphatic heterocycles. The fraction of sp³-hybridized carbons (Fsp3) is 0.750. The van der Waals surface area contributed by atoms with E-state index in [-0.39, 0.29) is 5.97 Å². The topological polar surface area (TPSA) is 65.2 Å². The Kier molecular flexibility index (Phi) is 3.17. The average molecular weight is 238 g/mol. The van der Waals surface area contributed by atoms with E-state index >= 15 is 0 Å². The summed E-state index contributed by atoms with van der Waals surface area (Å²) in [6, 6.07) is 0. The summed E-state index contributed by atoms with van der Waals surface area (Å²) in [5.74, 6) is 1.44. The first-order chi connectivity index (χ1) is 8.08. The Hall–Kier alpha value is -1.39. The second kappa shape index (κ2) is 4.47. The highest BCUT2D eigenvalue weighted by atomic mass is 16.5. The Morgan fingerprint density at radius 1 is 1.53 bits per heavy atom. The van der Waals surface area contributed by atoms with Crippen LogP contribution in [0.1, 0.15) is 44.8 Å². The third-order valence-corrected chi connectivity index (χ3v) is 3.15. The van der Waals surface area contributed by atoms with Gasteiger partial charge in [0.05, 0.1) is 7.11 Å². The third-order valence-electron chi connectivity index (χ3n) is 3.15. The Labute approximate surface area is 101 Å². The van der Waals surface area contributed by atoms with E-state index in [2.05, 4.69) is 24.0 Å². The number of hydrogen-bond acceptors (Lipinski definition) is 5. The van der Waals surface area contributed by atoms with E-state index in [1.807, 2.05) is 0 Å². The molecule has 0 N–H and O–H groups in total. The zero-order valence-electron chi connectivity index (χ0n) is 10.5. The van der Waals surface area contributed by atoms with Crippen molar-refractivity contribution in [2.45, 2.75) is 44.9 Å². The van der Waals surface area contributed by atoms with Gasteiger partial charge in [-0.2, -0.15) is 4.98 Å². The zero-order valence-corrected chi connectivity index (χ0v) is 10.5. The van der Waals surface area contributed by atoms with Crippen LogP contribution in [0.5, 0.6) is 0 Å². The van der Waals surface area contributed by atoms with Gasteiger partial charge in [0.25, 0.3) is 0 Å². The summed E-state index contributed by atoms with van der Waals surface area (Å²) in [4.78, 5) is 15.9. The normalized spacial score (nSPS) is 17.2. The predicted molar refractivity (Wildman–Crippen MR) is 60.4 cm³/mol. The molecule has 1 saturated carbocycles. The van der Waals surface area contributed by atoms with Crippen LogP contribution in [0.25, 0.3) is 0 Å². The van der Waals surface area contributed by atoms with Crippen molar-refractivity contribution >= 4 is 5.97 Å². The maximum atomic E-state index is 11.6. The number of carbonyl (C=O) groups excluding carboxylic acids is 1. The Balaban J connectivity index is 2.06. The van der Waals surface area contributed by atoms with Crippen LogP contribution in [-0.4, -0.2) is 23.2 Å². The molecule has 1 fully saturated rings. The average Bonchev–Trinajstić information content (AvgIpc) is 2.98. The first-order valence-electron chi connectivity index (χ1n) is 6.00. The van der Waals surface area contributed by atoms with Crippen LogP contribution in [0.4, 0.5) is 0 Å². The molecule has 1 aromatic heterocycles. The maximum absolute atomic E-state index is 11.6. The largest absolute Gasteiger partial charge is 0.468 e. The van der Waals surface area contributed by atoms with E-state index in [4.69, 9.17) is 9.26 Å². The smallest absolute Gasteiger partial charge is 0.321 e. The minimum atomic E-state index is -0.641. The molecule has 0 radical (unpaired) electrons. The van der Waals surface area contributed by atoms with Crippen molar-refractivity contribution < 1.29 is 14.1 Å². The molecule has 0 spiro atoms. The summed E-state index contributed by atoms with van der Waals surface area (Å²) in [6.45, 7) is 4.30. The molecule has 0 amide bonds. The monoisotopic (exact) mass is 238 g/mol. The molecule has 17 heavy (non-hydrogen) atoms. The van der Waals surface area contributed by atoms with Crippen LogP contribution in [0.15, 0.2) is 4.52 Å². The van der Waals surface area contributed by atoms with Crippen LogP contribution in [-0.2, 0) is 21.4 Å². The molecule has 1 aliphatic rings. The number of ether oxygens (including phenoxy) is 1. The summed E-state index contributed by atoms with van der Waals surface area (Å²) in [7, 11) is 1.39. The fourth-order valence-electron chi connectivity index (χ4n) is 1.79. The van der Waals surface area contributed by atoms with Crippen molar-refractivity contribution in [3.63, 3.8) is 0 Å². The van der Waals surface area contributed by atoms with Gasteiger partial charge in [-0.1, -0.05) is 19.0 Å². The maximum Gasteiger partial charge on any atom is 0.321 e. The molecule has 94 valence electrons. The quantitative estimate of drug-likeness (QED) is 0.732. The van der Waals surface area contributed by atoms with Gasteiger partial charge >= 0.3 is 5.97 Å². The Morgan fingerprint density at radius 3 is 2.76 bits per heavy atom. The number of carbonyl (C=O) groups is 1. The zero-order chi connectivity index (χ0) is 12.5. The van der Waals surface area contributed by atoms with E-state index in [0.29, 0.717) is 17.6 Å². The molecule has 5 heteroatoms. The number of aryl methyl sites for hydroxylation is 1. The predicted octanol–water partition coefficient (Wildman–Crippen LogP) is 1.86. The SMILES string of the molecule is COC(=O)C1(c2nc(CCC(C)C)no2)CC1. The van der Waals surface area contributed by atoms with E-state index in [1.165, 1.54) is 7.11 Å². The molecule has 0 bridgehead atoms. The van der Waals surface area contributed by atoms with Crippen LogP contribution in [0.3, 0.4) is 0 Å². The van der Waals surface area contributed by atoms with E-state index in [1.54, 1.807) is 0 Å². The van der Waals surface area contributed by atoms with Gasteiger partial charge in [-0.15, -0.1) is 0 Å². The lowest BCUT2D eigenvalue weighted by Gasteiger charge is -2.05. The highest BCUT2D eigenvalue weighted by Gasteiger charge is 2.57. The van der Waals surface area contributed by atoms with Crippen LogP contribution in [0, 0.1) is 5.92 Å². The van der Waals surface area contributed by atoms with E-state index in [9.17, 15) is 4.79 Å². The van der Waals surface area contributed by atoms with Gasteiger partial charge in [0, 0.05) is 6.42 Å². The van der Waals surface area contributed by atoms with Gasteiger partial charge in [-0.3, -0.25) is 4.79 Å². The Morgan fingerprint density at radius 2 is 2.24 bits per heavy atom. The van der Waals surface area contributed by atoms with Gasteiger partial charge in [0.15, 0.2) is 5.82 Å². The third kappa shape index (κ3) is 2.33. The first-order valence-corrected chi connectivity index (χ1v) is 6.00. The standard InChI is InChI=1S/C12H18N2O3/c1-8(2)4-5-9-13-10(17-14-9)12(6-7-12)11(15)16-3/h8H,4-7H2,1-3H3.